The SMILES string of the molecule is O=C(O)c1ccc(CCN2CCOCC2=O)cc1. The number of ether oxygens (including phenoxy) is 1. The maximum absolute atomic E-state index is 11.5. The van der Waals surface area contributed by atoms with E-state index >= 15 is 0 Å². The summed E-state index contributed by atoms with van der Waals surface area (Å²) in [6, 6.07) is 6.74. The van der Waals surface area contributed by atoms with Gasteiger partial charge in [-0.25, -0.2) is 4.79 Å². The molecule has 5 nitrogen and oxygen atoms in total. The second kappa shape index (κ2) is 5.64. The number of amides is 1. The predicted molar refractivity (Wildman–Crippen MR) is 64.5 cm³/mol. The number of hydrogen-bond acceptors (Lipinski definition) is 3. The number of benzene rings is 1. The van der Waals surface area contributed by atoms with Crippen LogP contribution in [0.5, 0.6) is 0 Å². The number of rotatable bonds is 4. The third-order valence-electron chi connectivity index (χ3n) is 2.96. The first-order valence-electron chi connectivity index (χ1n) is 5.84. The molecule has 0 aromatic heterocycles. The van der Waals surface area contributed by atoms with Crippen molar-refractivity contribution in [2.45, 2.75) is 6.42 Å². The Balaban J connectivity index is 1.89. The number of carbonyl (C=O) groups excluding carboxylic acids is 1. The van der Waals surface area contributed by atoms with Crippen molar-refractivity contribution in [2.24, 2.45) is 0 Å². The molecule has 1 aromatic rings. The summed E-state index contributed by atoms with van der Waals surface area (Å²) in [6.45, 7) is 2.03. The molecule has 1 aliphatic heterocycles. The molecule has 5 heteroatoms. The van der Waals surface area contributed by atoms with E-state index in [0.29, 0.717) is 19.7 Å². The lowest BCUT2D eigenvalue weighted by Gasteiger charge is -2.26. The molecule has 1 N–H and O–H groups in total. The summed E-state index contributed by atoms with van der Waals surface area (Å²) in [6.07, 6.45) is 0.728. The highest BCUT2D eigenvalue weighted by Gasteiger charge is 2.17. The van der Waals surface area contributed by atoms with Gasteiger partial charge in [0.05, 0.1) is 12.2 Å². The Labute approximate surface area is 105 Å². The van der Waals surface area contributed by atoms with E-state index in [1.807, 2.05) is 0 Å². The van der Waals surface area contributed by atoms with Crippen LogP contribution in [0, 0.1) is 0 Å². The molecular formula is C13H15NO4. The van der Waals surface area contributed by atoms with Gasteiger partial charge in [0.2, 0.25) is 5.91 Å². The molecule has 0 radical (unpaired) electrons. The highest BCUT2D eigenvalue weighted by molar-refractivity contribution is 5.87. The van der Waals surface area contributed by atoms with Crippen LogP contribution in [0.15, 0.2) is 24.3 Å². The Kier molecular flexibility index (Phi) is 3.94. The third kappa shape index (κ3) is 3.07. The monoisotopic (exact) mass is 249 g/mol. The molecule has 0 atom stereocenters. The van der Waals surface area contributed by atoms with Crippen LogP contribution in [0.1, 0.15) is 15.9 Å². The van der Waals surface area contributed by atoms with Crippen molar-refractivity contribution in [2.75, 3.05) is 26.3 Å². The lowest BCUT2D eigenvalue weighted by molar-refractivity contribution is -0.142. The number of hydrogen-bond donors (Lipinski definition) is 1. The van der Waals surface area contributed by atoms with Crippen molar-refractivity contribution in [1.82, 2.24) is 4.90 Å². The van der Waals surface area contributed by atoms with Crippen molar-refractivity contribution in [3.05, 3.63) is 35.4 Å². The molecule has 1 aromatic carbocycles. The number of carboxylic acid groups (broad SMARTS) is 1. The molecule has 1 saturated heterocycles. The summed E-state index contributed by atoms with van der Waals surface area (Å²) in [4.78, 5) is 23.9. The zero-order valence-corrected chi connectivity index (χ0v) is 9.96. The zero-order valence-electron chi connectivity index (χ0n) is 9.96. The maximum Gasteiger partial charge on any atom is 0.335 e. The molecule has 18 heavy (non-hydrogen) atoms. The Hall–Kier alpha value is -1.88. The lowest BCUT2D eigenvalue weighted by Crippen LogP contribution is -2.42. The van der Waals surface area contributed by atoms with Gasteiger partial charge in [0.15, 0.2) is 0 Å². The minimum Gasteiger partial charge on any atom is -0.478 e. The van der Waals surface area contributed by atoms with Crippen LogP contribution in [-0.2, 0) is 16.0 Å². The van der Waals surface area contributed by atoms with Crippen LogP contribution >= 0.6 is 0 Å². The maximum atomic E-state index is 11.5. The molecular weight excluding hydrogens is 234 g/mol. The van der Waals surface area contributed by atoms with E-state index in [1.165, 1.54) is 0 Å². The Morgan fingerprint density at radius 3 is 2.67 bits per heavy atom. The zero-order chi connectivity index (χ0) is 13.0. The van der Waals surface area contributed by atoms with Crippen molar-refractivity contribution in [1.29, 1.82) is 0 Å². The molecule has 0 unspecified atom stereocenters. The summed E-state index contributed by atoms with van der Waals surface area (Å²) >= 11 is 0. The number of carboxylic acids is 1. The van der Waals surface area contributed by atoms with Gasteiger partial charge < -0.3 is 14.7 Å². The fraction of sp³-hybridized carbons (Fsp3) is 0.385. The minimum atomic E-state index is -0.926. The minimum absolute atomic E-state index is 0.0170. The van der Waals surface area contributed by atoms with Crippen LogP contribution < -0.4 is 0 Å². The quantitative estimate of drug-likeness (QED) is 0.856. The third-order valence-corrected chi connectivity index (χ3v) is 2.96. The predicted octanol–water partition coefficient (Wildman–Crippen LogP) is 0.786. The standard InChI is InChI=1S/C13H15NO4/c15-12-9-18-8-7-14(12)6-5-10-1-3-11(4-2-10)13(16)17/h1-4H,5-9H2,(H,16,17). The molecule has 1 aliphatic rings. The smallest absolute Gasteiger partial charge is 0.335 e. The first kappa shape index (κ1) is 12.6. The second-order valence-electron chi connectivity index (χ2n) is 4.19. The first-order chi connectivity index (χ1) is 8.66. The fourth-order valence-corrected chi connectivity index (χ4v) is 1.86. The van der Waals surface area contributed by atoms with E-state index < -0.39 is 5.97 Å². The largest absolute Gasteiger partial charge is 0.478 e. The average Bonchev–Trinajstić information content (AvgIpc) is 2.38. The number of morpholine rings is 1. The van der Waals surface area contributed by atoms with Crippen LogP contribution in [0.2, 0.25) is 0 Å². The van der Waals surface area contributed by atoms with E-state index in [9.17, 15) is 9.59 Å². The Bertz CT molecular complexity index is 441. The molecule has 0 saturated carbocycles. The van der Waals surface area contributed by atoms with E-state index in [4.69, 9.17) is 9.84 Å². The van der Waals surface area contributed by atoms with Gasteiger partial charge in [-0.1, -0.05) is 12.1 Å². The van der Waals surface area contributed by atoms with Crippen LogP contribution in [-0.4, -0.2) is 48.2 Å². The van der Waals surface area contributed by atoms with E-state index in [1.54, 1.807) is 29.2 Å². The first-order valence-corrected chi connectivity index (χ1v) is 5.84. The van der Waals surface area contributed by atoms with Gasteiger partial charge in [0, 0.05) is 13.1 Å². The van der Waals surface area contributed by atoms with Gasteiger partial charge in [-0.3, -0.25) is 4.79 Å². The van der Waals surface area contributed by atoms with Gasteiger partial charge in [0.1, 0.15) is 6.61 Å². The molecule has 1 heterocycles. The number of nitrogens with zero attached hydrogens (tertiary/aromatic N) is 1. The fourth-order valence-electron chi connectivity index (χ4n) is 1.86. The van der Waals surface area contributed by atoms with Crippen LogP contribution in [0.3, 0.4) is 0 Å². The van der Waals surface area contributed by atoms with Crippen LogP contribution in [0.4, 0.5) is 0 Å². The highest BCUT2D eigenvalue weighted by Crippen LogP contribution is 2.07. The van der Waals surface area contributed by atoms with Gasteiger partial charge >= 0.3 is 5.97 Å². The Morgan fingerprint density at radius 1 is 1.33 bits per heavy atom. The molecule has 0 aliphatic carbocycles. The molecule has 1 amide bonds. The normalized spacial score (nSPS) is 15.8. The Morgan fingerprint density at radius 2 is 2.06 bits per heavy atom. The van der Waals surface area contributed by atoms with Gasteiger partial charge in [0.25, 0.3) is 0 Å². The molecule has 2 rings (SSSR count). The van der Waals surface area contributed by atoms with Gasteiger partial charge in [-0.15, -0.1) is 0 Å². The molecule has 0 spiro atoms. The van der Waals surface area contributed by atoms with E-state index in [2.05, 4.69) is 0 Å². The van der Waals surface area contributed by atoms with Gasteiger partial charge in [-0.2, -0.15) is 0 Å². The lowest BCUT2D eigenvalue weighted by atomic mass is 10.1. The van der Waals surface area contributed by atoms with E-state index in [0.717, 1.165) is 12.0 Å². The summed E-state index contributed by atoms with van der Waals surface area (Å²) in [5, 5.41) is 8.78. The van der Waals surface area contributed by atoms with Crippen molar-refractivity contribution in [3.63, 3.8) is 0 Å². The molecule has 0 bridgehead atoms. The van der Waals surface area contributed by atoms with Crippen molar-refractivity contribution < 1.29 is 19.4 Å². The second-order valence-corrected chi connectivity index (χ2v) is 4.19. The molecule has 1 fully saturated rings. The van der Waals surface area contributed by atoms with Gasteiger partial charge in [-0.05, 0) is 24.1 Å². The highest BCUT2D eigenvalue weighted by atomic mass is 16.5. The summed E-state index contributed by atoms with van der Waals surface area (Å²) in [5.41, 5.74) is 1.31. The molecule has 96 valence electrons. The van der Waals surface area contributed by atoms with Crippen LogP contribution in [0.25, 0.3) is 0 Å². The van der Waals surface area contributed by atoms with Crippen molar-refractivity contribution in [3.8, 4) is 0 Å². The van der Waals surface area contributed by atoms with E-state index in [-0.39, 0.29) is 18.1 Å². The summed E-state index contributed by atoms with van der Waals surface area (Å²) < 4.78 is 5.05. The number of aromatic carboxylic acids is 1. The topological polar surface area (TPSA) is 66.8 Å². The number of carbonyl (C=O) groups is 2. The van der Waals surface area contributed by atoms with Crippen molar-refractivity contribution >= 4 is 11.9 Å². The average molecular weight is 249 g/mol. The summed E-state index contributed by atoms with van der Waals surface area (Å²) in [5.74, 6) is -0.909. The summed E-state index contributed by atoms with van der Waals surface area (Å²) in [7, 11) is 0.